The number of aromatic nitrogens is 2. The van der Waals surface area contributed by atoms with Crippen LogP contribution in [-0.2, 0) is 4.79 Å². The molecule has 0 spiro atoms. The SMILES string of the molecule is CCC(C(=O)O)C(=O)c1cncnc1. The maximum Gasteiger partial charge on any atom is 0.314 e. The molecule has 0 aliphatic heterocycles. The molecule has 0 fully saturated rings. The lowest BCUT2D eigenvalue weighted by Crippen LogP contribution is -2.23. The summed E-state index contributed by atoms with van der Waals surface area (Å²) in [6, 6.07) is 0. The number of hydrogen-bond donors (Lipinski definition) is 1. The van der Waals surface area contributed by atoms with Crippen molar-refractivity contribution < 1.29 is 14.7 Å². The van der Waals surface area contributed by atoms with Crippen molar-refractivity contribution in [2.75, 3.05) is 0 Å². The van der Waals surface area contributed by atoms with E-state index in [0.717, 1.165) is 0 Å². The zero-order valence-electron chi connectivity index (χ0n) is 7.67. The number of carbonyl (C=O) groups is 2. The number of Topliss-reactive ketones (excluding diaryl/α,β-unsaturated/α-hetero) is 1. The Balaban J connectivity index is 2.89. The summed E-state index contributed by atoms with van der Waals surface area (Å²) in [6.45, 7) is 1.65. The fourth-order valence-electron chi connectivity index (χ4n) is 1.10. The molecule has 0 radical (unpaired) electrons. The first-order valence-electron chi connectivity index (χ1n) is 4.18. The first-order chi connectivity index (χ1) is 6.66. The highest BCUT2D eigenvalue weighted by molar-refractivity contribution is 6.07. The highest BCUT2D eigenvalue weighted by Crippen LogP contribution is 2.10. The number of carboxylic acids is 1. The number of hydrogen-bond acceptors (Lipinski definition) is 4. The average molecular weight is 194 g/mol. The van der Waals surface area contributed by atoms with Crippen LogP contribution in [-0.4, -0.2) is 26.8 Å². The molecule has 1 aromatic heterocycles. The van der Waals surface area contributed by atoms with Crippen molar-refractivity contribution in [2.24, 2.45) is 5.92 Å². The molecule has 1 rings (SSSR count). The van der Waals surface area contributed by atoms with Crippen LogP contribution in [0, 0.1) is 5.92 Å². The molecular formula is C9H10N2O3. The molecule has 5 nitrogen and oxygen atoms in total. The Labute approximate surface area is 80.8 Å². The van der Waals surface area contributed by atoms with Gasteiger partial charge >= 0.3 is 5.97 Å². The number of carboxylic acid groups (broad SMARTS) is 1. The molecule has 0 aromatic carbocycles. The normalized spacial score (nSPS) is 12.1. The van der Waals surface area contributed by atoms with E-state index in [1.807, 2.05) is 0 Å². The number of aliphatic carboxylic acids is 1. The van der Waals surface area contributed by atoms with E-state index in [1.54, 1.807) is 6.92 Å². The summed E-state index contributed by atoms with van der Waals surface area (Å²) in [7, 11) is 0. The van der Waals surface area contributed by atoms with E-state index in [4.69, 9.17) is 5.11 Å². The predicted molar refractivity (Wildman–Crippen MR) is 47.8 cm³/mol. The van der Waals surface area contributed by atoms with Gasteiger partial charge in [-0.05, 0) is 6.42 Å². The third-order valence-electron chi connectivity index (χ3n) is 1.87. The summed E-state index contributed by atoms with van der Waals surface area (Å²) >= 11 is 0. The third kappa shape index (κ3) is 2.12. The Morgan fingerprint density at radius 2 is 2.00 bits per heavy atom. The summed E-state index contributed by atoms with van der Waals surface area (Å²) < 4.78 is 0. The summed E-state index contributed by atoms with van der Waals surface area (Å²) in [5, 5.41) is 8.74. The maximum absolute atomic E-state index is 11.6. The molecule has 0 saturated carbocycles. The molecule has 0 bridgehead atoms. The fraction of sp³-hybridized carbons (Fsp3) is 0.333. The zero-order chi connectivity index (χ0) is 10.6. The van der Waals surface area contributed by atoms with Crippen molar-refractivity contribution >= 4 is 11.8 Å². The van der Waals surface area contributed by atoms with Gasteiger partial charge in [0.2, 0.25) is 0 Å². The predicted octanol–water partition coefficient (Wildman–Crippen LogP) is 0.770. The Morgan fingerprint density at radius 1 is 1.43 bits per heavy atom. The number of ketones is 1. The van der Waals surface area contributed by atoms with Crippen LogP contribution in [0.15, 0.2) is 18.7 Å². The van der Waals surface area contributed by atoms with Crippen molar-refractivity contribution in [3.63, 3.8) is 0 Å². The molecule has 0 aliphatic rings. The van der Waals surface area contributed by atoms with E-state index in [0.29, 0.717) is 0 Å². The van der Waals surface area contributed by atoms with Gasteiger partial charge in [-0.1, -0.05) is 6.92 Å². The molecule has 5 heteroatoms. The first kappa shape index (κ1) is 10.3. The molecule has 1 N–H and O–H groups in total. The van der Waals surface area contributed by atoms with Gasteiger partial charge in [0.25, 0.3) is 0 Å². The lowest BCUT2D eigenvalue weighted by Gasteiger charge is -2.06. The topological polar surface area (TPSA) is 80.1 Å². The quantitative estimate of drug-likeness (QED) is 0.565. The van der Waals surface area contributed by atoms with Gasteiger partial charge < -0.3 is 5.11 Å². The molecule has 1 unspecified atom stereocenters. The Kier molecular flexibility index (Phi) is 3.28. The van der Waals surface area contributed by atoms with Crippen LogP contribution in [0.5, 0.6) is 0 Å². The summed E-state index contributed by atoms with van der Waals surface area (Å²) in [4.78, 5) is 29.6. The second kappa shape index (κ2) is 4.45. The van der Waals surface area contributed by atoms with Crippen molar-refractivity contribution in [3.05, 3.63) is 24.3 Å². The second-order valence-electron chi connectivity index (χ2n) is 2.79. The summed E-state index contributed by atoms with van der Waals surface area (Å²) in [6.07, 6.45) is 4.20. The molecule has 14 heavy (non-hydrogen) atoms. The lowest BCUT2D eigenvalue weighted by molar-refractivity contribution is -0.140. The van der Waals surface area contributed by atoms with Gasteiger partial charge in [-0.3, -0.25) is 9.59 Å². The van der Waals surface area contributed by atoms with E-state index in [1.165, 1.54) is 18.7 Å². The highest BCUT2D eigenvalue weighted by Gasteiger charge is 2.25. The van der Waals surface area contributed by atoms with E-state index in [-0.39, 0.29) is 12.0 Å². The monoisotopic (exact) mass is 194 g/mol. The standard InChI is InChI=1S/C9H10N2O3/c1-2-7(9(13)14)8(12)6-3-10-5-11-4-6/h3-5,7H,2H2,1H3,(H,13,14). The van der Waals surface area contributed by atoms with Gasteiger partial charge in [-0.2, -0.15) is 0 Å². The molecule has 1 atom stereocenters. The van der Waals surface area contributed by atoms with Crippen LogP contribution in [0.25, 0.3) is 0 Å². The molecule has 74 valence electrons. The number of rotatable bonds is 4. The second-order valence-corrected chi connectivity index (χ2v) is 2.79. The van der Waals surface area contributed by atoms with Gasteiger partial charge in [0, 0.05) is 12.4 Å². The van der Waals surface area contributed by atoms with Gasteiger partial charge in [0.05, 0.1) is 5.56 Å². The minimum absolute atomic E-state index is 0.238. The van der Waals surface area contributed by atoms with E-state index in [2.05, 4.69) is 9.97 Å². The van der Waals surface area contributed by atoms with Crippen LogP contribution >= 0.6 is 0 Å². The molecule has 0 saturated heterocycles. The fourth-order valence-corrected chi connectivity index (χ4v) is 1.10. The minimum Gasteiger partial charge on any atom is -0.481 e. The van der Waals surface area contributed by atoms with Crippen molar-refractivity contribution in [1.82, 2.24) is 9.97 Å². The third-order valence-corrected chi connectivity index (χ3v) is 1.87. The number of carbonyl (C=O) groups excluding carboxylic acids is 1. The van der Waals surface area contributed by atoms with Crippen molar-refractivity contribution in [1.29, 1.82) is 0 Å². The van der Waals surface area contributed by atoms with Crippen LogP contribution in [0.2, 0.25) is 0 Å². The lowest BCUT2D eigenvalue weighted by atomic mass is 9.97. The highest BCUT2D eigenvalue weighted by atomic mass is 16.4. The Morgan fingerprint density at radius 3 is 2.43 bits per heavy atom. The Hall–Kier alpha value is -1.78. The molecule has 1 heterocycles. The van der Waals surface area contributed by atoms with Gasteiger partial charge in [-0.25, -0.2) is 9.97 Å². The van der Waals surface area contributed by atoms with Crippen LogP contribution in [0.3, 0.4) is 0 Å². The smallest absolute Gasteiger partial charge is 0.314 e. The molecule has 1 aromatic rings. The van der Waals surface area contributed by atoms with E-state index >= 15 is 0 Å². The molecular weight excluding hydrogens is 184 g/mol. The van der Waals surface area contributed by atoms with E-state index in [9.17, 15) is 9.59 Å². The summed E-state index contributed by atoms with van der Waals surface area (Å²) in [5.41, 5.74) is 0.238. The minimum atomic E-state index is -1.11. The van der Waals surface area contributed by atoms with Gasteiger partial charge in [0.15, 0.2) is 5.78 Å². The molecule has 0 amide bonds. The van der Waals surface area contributed by atoms with Gasteiger partial charge in [0.1, 0.15) is 12.2 Å². The van der Waals surface area contributed by atoms with Crippen molar-refractivity contribution in [3.8, 4) is 0 Å². The zero-order valence-corrected chi connectivity index (χ0v) is 7.67. The van der Waals surface area contributed by atoms with E-state index < -0.39 is 17.7 Å². The van der Waals surface area contributed by atoms with Crippen LogP contribution in [0.4, 0.5) is 0 Å². The van der Waals surface area contributed by atoms with Gasteiger partial charge in [-0.15, -0.1) is 0 Å². The first-order valence-corrected chi connectivity index (χ1v) is 4.18. The summed E-state index contributed by atoms with van der Waals surface area (Å²) in [5.74, 6) is -2.55. The Bertz CT molecular complexity index is 337. The van der Waals surface area contributed by atoms with Crippen LogP contribution in [0.1, 0.15) is 23.7 Å². The van der Waals surface area contributed by atoms with Crippen molar-refractivity contribution in [2.45, 2.75) is 13.3 Å². The maximum atomic E-state index is 11.6. The molecule has 0 aliphatic carbocycles. The van der Waals surface area contributed by atoms with Crippen LogP contribution < -0.4 is 0 Å². The average Bonchev–Trinajstić information content (AvgIpc) is 2.19. The largest absolute Gasteiger partial charge is 0.481 e. The number of nitrogens with zero attached hydrogens (tertiary/aromatic N) is 2.